The normalized spacial score (nSPS) is 21.6. The lowest BCUT2D eigenvalue weighted by molar-refractivity contribution is 0.0324. The number of rotatable bonds is 4. The fourth-order valence-corrected chi connectivity index (χ4v) is 2.60. The van der Waals surface area contributed by atoms with Gasteiger partial charge in [0.1, 0.15) is 5.82 Å². The first-order chi connectivity index (χ1) is 8.08. The Labute approximate surface area is 100 Å². The SMILES string of the molecule is Cc1ncc(S(=O)(=O)NCC2CNCCO2)[nH]1. The molecule has 3 N–H and O–H groups in total. The highest BCUT2D eigenvalue weighted by atomic mass is 32.2. The third-order valence-corrected chi connectivity index (χ3v) is 3.81. The second kappa shape index (κ2) is 5.13. The summed E-state index contributed by atoms with van der Waals surface area (Å²) in [6.07, 6.45) is 1.18. The number of aromatic nitrogens is 2. The summed E-state index contributed by atoms with van der Waals surface area (Å²) in [4.78, 5) is 6.55. The number of imidazole rings is 1. The van der Waals surface area contributed by atoms with E-state index in [9.17, 15) is 8.42 Å². The number of H-pyrrole nitrogens is 1. The molecule has 0 spiro atoms. The zero-order valence-corrected chi connectivity index (χ0v) is 10.4. The number of nitrogens with one attached hydrogen (secondary N) is 3. The van der Waals surface area contributed by atoms with E-state index in [1.54, 1.807) is 6.92 Å². The van der Waals surface area contributed by atoms with Crippen LogP contribution in [-0.4, -0.2) is 50.7 Å². The Morgan fingerprint density at radius 3 is 3.06 bits per heavy atom. The van der Waals surface area contributed by atoms with Gasteiger partial charge in [0.15, 0.2) is 5.03 Å². The van der Waals surface area contributed by atoms with E-state index in [4.69, 9.17) is 4.74 Å². The number of ether oxygens (including phenoxy) is 1. The van der Waals surface area contributed by atoms with Crippen LogP contribution in [0.4, 0.5) is 0 Å². The molecule has 96 valence electrons. The van der Waals surface area contributed by atoms with Crippen molar-refractivity contribution in [1.29, 1.82) is 0 Å². The lowest BCUT2D eigenvalue weighted by Crippen LogP contribution is -2.45. The van der Waals surface area contributed by atoms with Crippen LogP contribution in [0.15, 0.2) is 11.2 Å². The summed E-state index contributed by atoms with van der Waals surface area (Å²) in [5.41, 5.74) is 0. The molecule has 0 bridgehead atoms. The minimum atomic E-state index is -3.51. The summed E-state index contributed by atoms with van der Waals surface area (Å²) in [6.45, 7) is 4.03. The van der Waals surface area contributed by atoms with Gasteiger partial charge < -0.3 is 15.0 Å². The highest BCUT2D eigenvalue weighted by Crippen LogP contribution is 2.05. The van der Waals surface area contributed by atoms with Crippen LogP contribution in [0, 0.1) is 6.92 Å². The summed E-state index contributed by atoms with van der Waals surface area (Å²) in [5.74, 6) is 0.570. The van der Waals surface area contributed by atoms with Crippen LogP contribution in [0.25, 0.3) is 0 Å². The molecule has 1 fully saturated rings. The molecule has 8 heteroatoms. The molecule has 0 aliphatic carbocycles. The van der Waals surface area contributed by atoms with Crippen LogP contribution in [0.1, 0.15) is 5.82 Å². The monoisotopic (exact) mass is 260 g/mol. The van der Waals surface area contributed by atoms with Gasteiger partial charge in [0.2, 0.25) is 0 Å². The number of nitrogens with zero attached hydrogens (tertiary/aromatic N) is 1. The Balaban J connectivity index is 1.93. The number of aromatic amines is 1. The van der Waals surface area contributed by atoms with Gasteiger partial charge >= 0.3 is 0 Å². The molecule has 17 heavy (non-hydrogen) atoms. The molecule has 1 atom stereocenters. The van der Waals surface area contributed by atoms with Gasteiger partial charge in [-0.25, -0.2) is 18.1 Å². The van der Waals surface area contributed by atoms with Gasteiger partial charge in [0.05, 0.1) is 18.9 Å². The Morgan fingerprint density at radius 2 is 2.47 bits per heavy atom. The van der Waals surface area contributed by atoms with Crippen molar-refractivity contribution in [2.45, 2.75) is 18.1 Å². The third kappa shape index (κ3) is 3.25. The smallest absolute Gasteiger partial charge is 0.257 e. The minimum Gasteiger partial charge on any atom is -0.374 e. The zero-order valence-electron chi connectivity index (χ0n) is 9.56. The lowest BCUT2D eigenvalue weighted by Gasteiger charge is -2.23. The molecule has 7 nitrogen and oxygen atoms in total. The number of aryl methyl sites for hydroxylation is 1. The first-order valence-corrected chi connectivity index (χ1v) is 6.90. The van der Waals surface area contributed by atoms with E-state index in [-0.39, 0.29) is 17.7 Å². The Morgan fingerprint density at radius 1 is 1.65 bits per heavy atom. The minimum absolute atomic E-state index is 0.0822. The highest BCUT2D eigenvalue weighted by Gasteiger charge is 2.20. The van der Waals surface area contributed by atoms with Crippen molar-refractivity contribution in [1.82, 2.24) is 20.0 Å². The van der Waals surface area contributed by atoms with E-state index in [0.717, 1.165) is 6.54 Å². The predicted octanol–water partition coefficient (Wildman–Crippen LogP) is -1.02. The van der Waals surface area contributed by atoms with E-state index in [2.05, 4.69) is 20.0 Å². The van der Waals surface area contributed by atoms with E-state index >= 15 is 0 Å². The maximum atomic E-state index is 11.8. The summed E-state index contributed by atoms with van der Waals surface area (Å²) in [5, 5.41) is 3.22. The van der Waals surface area contributed by atoms with E-state index in [0.29, 0.717) is 19.0 Å². The fourth-order valence-electron chi connectivity index (χ4n) is 1.57. The molecule has 1 aliphatic rings. The quantitative estimate of drug-likeness (QED) is 0.644. The van der Waals surface area contributed by atoms with Gasteiger partial charge in [-0.3, -0.25) is 0 Å². The largest absolute Gasteiger partial charge is 0.374 e. The van der Waals surface area contributed by atoms with E-state index < -0.39 is 10.0 Å². The van der Waals surface area contributed by atoms with Crippen LogP contribution in [0.3, 0.4) is 0 Å². The summed E-state index contributed by atoms with van der Waals surface area (Å²) in [7, 11) is -3.51. The first kappa shape index (κ1) is 12.5. The molecule has 1 saturated heterocycles. The molecule has 2 heterocycles. The average molecular weight is 260 g/mol. The van der Waals surface area contributed by atoms with Crippen molar-refractivity contribution in [3.63, 3.8) is 0 Å². The summed E-state index contributed by atoms with van der Waals surface area (Å²) in [6, 6.07) is 0. The van der Waals surface area contributed by atoms with E-state index in [1.807, 2.05) is 0 Å². The van der Waals surface area contributed by atoms with Crippen LogP contribution >= 0.6 is 0 Å². The molecule has 1 unspecified atom stereocenters. The molecule has 1 aromatic heterocycles. The van der Waals surface area contributed by atoms with Crippen molar-refractivity contribution in [3.05, 3.63) is 12.0 Å². The maximum Gasteiger partial charge on any atom is 0.257 e. The van der Waals surface area contributed by atoms with Crippen molar-refractivity contribution >= 4 is 10.0 Å². The highest BCUT2D eigenvalue weighted by molar-refractivity contribution is 7.89. The molecule has 0 saturated carbocycles. The van der Waals surface area contributed by atoms with Crippen molar-refractivity contribution in [2.75, 3.05) is 26.2 Å². The maximum absolute atomic E-state index is 11.8. The second-order valence-corrected chi connectivity index (χ2v) is 5.62. The fraction of sp³-hybridized carbons (Fsp3) is 0.667. The molecule has 0 amide bonds. The van der Waals surface area contributed by atoms with Crippen LogP contribution in [0.5, 0.6) is 0 Å². The number of hydrogen-bond donors (Lipinski definition) is 3. The van der Waals surface area contributed by atoms with Crippen molar-refractivity contribution in [2.24, 2.45) is 0 Å². The van der Waals surface area contributed by atoms with Crippen molar-refractivity contribution < 1.29 is 13.2 Å². The molecule has 1 aliphatic heterocycles. The average Bonchev–Trinajstić information content (AvgIpc) is 2.76. The molecule has 0 radical (unpaired) electrons. The first-order valence-electron chi connectivity index (χ1n) is 5.41. The predicted molar refractivity (Wildman–Crippen MR) is 61.1 cm³/mol. The summed E-state index contributed by atoms with van der Waals surface area (Å²) >= 11 is 0. The van der Waals surface area contributed by atoms with Crippen LogP contribution in [0.2, 0.25) is 0 Å². The standard InChI is InChI=1S/C9H16N4O3S/c1-7-11-6-9(13-7)17(14,15)12-5-8-4-10-2-3-16-8/h6,8,10,12H,2-5H2,1H3,(H,11,13). The van der Waals surface area contributed by atoms with Gasteiger partial charge in [0.25, 0.3) is 10.0 Å². The Kier molecular flexibility index (Phi) is 3.77. The Hall–Kier alpha value is -0.960. The van der Waals surface area contributed by atoms with Crippen molar-refractivity contribution in [3.8, 4) is 0 Å². The second-order valence-electron chi connectivity index (χ2n) is 3.88. The molecular formula is C9H16N4O3S. The summed E-state index contributed by atoms with van der Waals surface area (Å²) < 4.78 is 31.6. The molecule has 1 aromatic rings. The molecule has 2 rings (SSSR count). The van der Waals surface area contributed by atoms with Gasteiger partial charge in [-0.1, -0.05) is 0 Å². The van der Waals surface area contributed by atoms with Crippen LogP contribution in [-0.2, 0) is 14.8 Å². The molecular weight excluding hydrogens is 244 g/mol. The zero-order chi connectivity index (χ0) is 12.3. The number of morpholine rings is 1. The Bertz CT molecular complexity index is 464. The van der Waals surface area contributed by atoms with E-state index in [1.165, 1.54) is 6.20 Å². The van der Waals surface area contributed by atoms with Gasteiger partial charge in [-0.2, -0.15) is 0 Å². The van der Waals surface area contributed by atoms with Gasteiger partial charge in [0, 0.05) is 19.6 Å². The lowest BCUT2D eigenvalue weighted by atomic mass is 10.3. The topological polar surface area (TPSA) is 96.1 Å². The third-order valence-electron chi connectivity index (χ3n) is 2.47. The van der Waals surface area contributed by atoms with Gasteiger partial charge in [-0.15, -0.1) is 0 Å². The number of sulfonamides is 1. The molecule has 0 aromatic carbocycles. The number of hydrogen-bond acceptors (Lipinski definition) is 5. The van der Waals surface area contributed by atoms with Crippen LogP contribution < -0.4 is 10.0 Å². The van der Waals surface area contributed by atoms with Gasteiger partial charge in [-0.05, 0) is 6.92 Å².